The lowest BCUT2D eigenvalue weighted by molar-refractivity contribution is -0.137. The SMILES string of the molecule is Cc1cccc(C)c1NC(=O)CONC(=O)c1cccc(C(F)(F)F)c1. The number of para-hydroxylation sites is 1. The summed E-state index contributed by atoms with van der Waals surface area (Å²) in [5.41, 5.74) is 3.16. The number of hydrogen-bond donors (Lipinski definition) is 2. The molecule has 2 aromatic carbocycles. The van der Waals surface area contributed by atoms with Gasteiger partial charge in [-0.25, -0.2) is 5.48 Å². The number of carbonyl (C=O) groups is 2. The van der Waals surface area contributed by atoms with Gasteiger partial charge in [0.05, 0.1) is 5.56 Å². The average Bonchev–Trinajstić information content (AvgIpc) is 2.57. The van der Waals surface area contributed by atoms with Crippen LogP contribution in [0, 0.1) is 13.8 Å². The van der Waals surface area contributed by atoms with Crippen molar-refractivity contribution in [3.05, 3.63) is 64.7 Å². The van der Waals surface area contributed by atoms with Crippen LogP contribution in [0.4, 0.5) is 18.9 Å². The van der Waals surface area contributed by atoms with Crippen LogP contribution in [0.25, 0.3) is 0 Å². The second kappa shape index (κ2) is 8.01. The van der Waals surface area contributed by atoms with E-state index in [1.54, 1.807) is 0 Å². The van der Waals surface area contributed by atoms with Crippen LogP contribution in [0.3, 0.4) is 0 Å². The number of hydroxylamine groups is 1. The first-order valence-corrected chi connectivity index (χ1v) is 7.64. The number of alkyl halides is 3. The summed E-state index contributed by atoms with van der Waals surface area (Å²) in [5.74, 6) is -1.39. The number of benzene rings is 2. The molecule has 2 aromatic rings. The fraction of sp³-hybridized carbons (Fsp3) is 0.222. The summed E-state index contributed by atoms with van der Waals surface area (Å²) in [6.45, 7) is 3.18. The molecule has 0 unspecified atom stereocenters. The van der Waals surface area contributed by atoms with Gasteiger partial charge in [0.25, 0.3) is 11.8 Å². The Labute approximate surface area is 148 Å². The Morgan fingerprint density at radius 1 is 1.04 bits per heavy atom. The van der Waals surface area contributed by atoms with Gasteiger partial charge in [0, 0.05) is 11.3 Å². The largest absolute Gasteiger partial charge is 0.416 e. The predicted molar refractivity (Wildman–Crippen MR) is 89.4 cm³/mol. The van der Waals surface area contributed by atoms with E-state index in [1.807, 2.05) is 37.5 Å². The molecule has 0 aromatic heterocycles. The maximum Gasteiger partial charge on any atom is 0.416 e. The van der Waals surface area contributed by atoms with Crippen molar-refractivity contribution in [1.29, 1.82) is 0 Å². The van der Waals surface area contributed by atoms with E-state index >= 15 is 0 Å². The number of rotatable bonds is 5. The van der Waals surface area contributed by atoms with E-state index in [2.05, 4.69) is 5.32 Å². The maximum atomic E-state index is 12.6. The highest BCUT2D eigenvalue weighted by Crippen LogP contribution is 2.29. The first kappa shape index (κ1) is 19.5. The number of halogens is 3. The molecule has 26 heavy (non-hydrogen) atoms. The molecule has 0 atom stereocenters. The maximum absolute atomic E-state index is 12.6. The lowest BCUT2D eigenvalue weighted by atomic mass is 10.1. The number of carbonyl (C=O) groups excluding carboxylic acids is 2. The van der Waals surface area contributed by atoms with Gasteiger partial charge < -0.3 is 5.32 Å². The van der Waals surface area contributed by atoms with Crippen LogP contribution in [0.5, 0.6) is 0 Å². The van der Waals surface area contributed by atoms with Crippen molar-refractivity contribution in [1.82, 2.24) is 5.48 Å². The number of hydrogen-bond acceptors (Lipinski definition) is 3. The molecule has 0 radical (unpaired) electrons. The minimum Gasteiger partial charge on any atom is -0.324 e. The third-order valence-corrected chi connectivity index (χ3v) is 3.57. The molecule has 138 valence electrons. The quantitative estimate of drug-likeness (QED) is 0.795. The van der Waals surface area contributed by atoms with Crippen LogP contribution in [-0.4, -0.2) is 18.4 Å². The normalized spacial score (nSPS) is 11.1. The van der Waals surface area contributed by atoms with Gasteiger partial charge in [-0.3, -0.25) is 14.4 Å². The molecule has 2 amide bonds. The van der Waals surface area contributed by atoms with Gasteiger partial charge in [0.1, 0.15) is 0 Å². The number of amides is 2. The smallest absolute Gasteiger partial charge is 0.324 e. The number of aryl methyl sites for hydroxylation is 2. The molecule has 0 fully saturated rings. The predicted octanol–water partition coefficient (Wildman–Crippen LogP) is 3.62. The molecule has 0 saturated carbocycles. The van der Waals surface area contributed by atoms with Crippen LogP contribution < -0.4 is 10.8 Å². The van der Waals surface area contributed by atoms with E-state index in [1.165, 1.54) is 6.07 Å². The summed E-state index contributed by atoms with van der Waals surface area (Å²) in [6, 6.07) is 9.41. The number of anilines is 1. The zero-order chi connectivity index (χ0) is 19.3. The van der Waals surface area contributed by atoms with Crippen LogP contribution in [0.2, 0.25) is 0 Å². The molecule has 0 saturated heterocycles. The molecular formula is C18H17F3N2O3. The van der Waals surface area contributed by atoms with Crippen LogP contribution >= 0.6 is 0 Å². The molecule has 2 N–H and O–H groups in total. The number of nitrogens with one attached hydrogen (secondary N) is 2. The van der Waals surface area contributed by atoms with Gasteiger partial charge in [0.15, 0.2) is 6.61 Å². The van der Waals surface area contributed by atoms with Gasteiger partial charge >= 0.3 is 6.18 Å². The Balaban J connectivity index is 1.89. The Kier molecular flexibility index (Phi) is 5.99. The topological polar surface area (TPSA) is 67.4 Å². The van der Waals surface area contributed by atoms with Crippen molar-refractivity contribution in [2.75, 3.05) is 11.9 Å². The van der Waals surface area contributed by atoms with E-state index in [9.17, 15) is 22.8 Å². The molecule has 2 rings (SSSR count). The van der Waals surface area contributed by atoms with Crippen molar-refractivity contribution in [3.63, 3.8) is 0 Å². The monoisotopic (exact) mass is 366 g/mol. The van der Waals surface area contributed by atoms with Crippen molar-refractivity contribution in [2.45, 2.75) is 20.0 Å². The molecule has 0 heterocycles. The van der Waals surface area contributed by atoms with Crippen LogP contribution in [0.15, 0.2) is 42.5 Å². The standard InChI is InChI=1S/C18H17F3N2O3/c1-11-5-3-6-12(2)16(11)22-15(24)10-26-23-17(25)13-7-4-8-14(9-13)18(19,20)21/h3-9H,10H2,1-2H3,(H,22,24)(H,23,25). The fourth-order valence-corrected chi connectivity index (χ4v) is 2.25. The highest BCUT2D eigenvalue weighted by molar-refractivity contribution is 5.95. The van der Waals surface area contributed by atoms with E-state index in [0.717, 1.165) is 23.3 Å². The van der Waals surface area contributed by atoms with Crippen molar-refractivity contribution < 1.29 is 27.6 Å². The second-order valence-electron chi connectivity index (χ2n) is 5.61. The summed E-state index contributed by atoms with van der Waals surface area (Å²) >= 11 is 0. The molecule has 8 heteroatoms. The molecular weight excluding hydrogens is 349 g/mol. The molecule has 0 bridgehead atoms. The molecule has 0 aliphatic carbocycles. The first-order valence-electron chi connectivity index (χ1n) is 7.64. The van der Waals surface area contributed by atoms with Gasteiger partial charge in [-0.2, -0.15) is 13.2 Å². The van der Waals surface area contributed by atoms with Gasteiger partial charge in [0.2, 0.25) is 0 Å². The van der Waals surface area contributed by atoms with Crippen LogP contribution in [0.1, 0.15) is 27.0 Å². The second-order valence-corrected chi connectivity index (χ2v) is 5.61. The first-order chi connectivity index (χ1) is 12.2. The van der Waals surface area contributed by atoms with Crippen molar-refractivity contribution in [3.8, 4) is 0 Å². The van der Waals surface area contributed by atoms with E-state index in [0.29, 0.717) is 11.8 Å². The fourth-order valence-electron chi connectivity index (χ4n) is 2.25. The lowest BCUT2D eigenvalue weighted by Crippen LogP contribution is -2.29. The zero-order valence-electron chi connectivity index (χ0n) is 14.1. The van der Waals surface area contributed by atoms with Crippen LogP contribution in [-0.2, 0) is 15.8 Å². The summed E-state index contributed by atoms with van der Waals surface area (Å²) in [7, 11) is 0. The Hall–Kier alpha value is -2.87. The molecule has 0 aliphatic rings. The highest BCUT2D eigenvalue weighted by Gasteiger charge is 2.30. The summed E-state index contributed by atoms with van der Waals surface area (Å²) in [5, 5.41) is 2.66. The van der Waals surface area contributed by atoms with Crippen molar-refractivity contribution in [2.24, 2.45) is 0 Å². The molecule has 5 nitrogen and oxygen atoms in total. The zero-order valence-corrected chi connectivity index (χ0v) is 14.1. The Bertz CT molecular complexity index is 799. The summed E-state index contributed by atoms with van der Waals surface area (Å²) in [4.78, 5) is 28.5. The third kappa shape index (κ3) is 5.06. The van der Waals surface area contributed by atoms with Gasteiger partial charge in [-0.15, -0.1) is 0 Å². The average molecular weight is 366 g/mol. The Morgan fingerprint density at radius 3 is 2.27 bits per heavy atom. The third-order valence-electron chi connectivity index (χ3n) is 3.57. The highest BCUT2D eigenvalue weighted by atomic mass is 19.4. The molecule has 0 spiro atoms. The summed E-state index contributed by atoms with van der Waals surface area (Å²) < 4.78 is 37.9. The van der Waals surface area contributed by atoms with E-state index in [-0.39, 0.29) is 5.56 Å². The van der Waals surface area contributed by atoms with E-state index < -0.39 is 30.2 Å². The minimum atomic E-state index is -4.55. The molecule has 0 aliphatic heterocycles. The van der Waals surface area contributed by atoms with Gasteiger partial charge in [-0.05, 0) is 43.2 Å². The minimum absolute atomic E-state index is 0.227. The Morgan fingerprint density at radius 2 is 1.65 bits per heavy atom. The van der Waals surface area contributed by atoms with Crippen molar-refractivity contribution >= 4 is 17.5 Å². The van der Waals surface area contributed by atoms with Gasteiger partial charge in [-0.1, -0.05) is 24.3 Å². The lowest BCUT2D eigenvalue weighted by Gasteiger charge is -2.12. The van der Waals surface area contributed by atoms with E-state index in [4.69, 9.17) is 4.84 Å². The summed E-state index contributed by atoms with van der Waals surface area (Å²) in [6.07, 6.45) is -4.55.